The molecule has 0 aromatic carbocycles. The molecule has 1 rings (SSSR count). The molecule has 3 heteroatoms. The summed E-state index contributed by atoms with van der Waals surface area (Å²) in [4.78, 5) is 10.5. The highest BCUT2D eigenvalue weighted by Gasteiger charge is 2.32. The lowest BCUT2D eigenvalue weighted by molar-refractivity contribution is -0.139. The summed E-state index contributed by atoms with van der Waals surface area (Å²) in [5.41, 5.74) is 5.67. The zero-order chi connectivity index (χ0) is 9.19. The van der Waals surface area contributed by atoms with Gasteiger partial charge in [0.25, 0.3) is 0 Å². The largest absolute Gasteiger partial charge is 0.480 e. The van der Waals surface area contributed by atoms with E-state index in [-0.39, 0.29) is 5.41 Å². The van der Waals surface area contributed by atoms with Crippen molar-refractivity contribution in [2.24, 2.45) is 11.1 Å². The molecule has 0 radical (unpaired) electrons. The Kier molecular flexibility index (Phi) is 2.73. The number of hydrogen-bond acceptors (Lipinski definition) is 2. The number of rotatable bonds is 3. The minimum absolute atomic E-state index is 0.192. The molecular formula is C9H17NO2. The van der Waals surface area contributed by atoms with E-state index in [4.69, 9.17) is 10.8 Å². The van der Waals surface area contributed by atoms with Gasteiger partial charge < -0.3 is 10.8 Å². The summed E-state index contributed by atoms with van der Waals surface area (Å²) >= 11 is 0. The Morgan fingerprint density at radius 2 is 2.08 bits per heavy atom. The lowest BCUT2D eigenvalue weighted by Crippen LogP contribution is -2.35. The number of carboxylic acids is 1. The zero-order valence-corrected chi connectivity index (χ0v) is 7.55. The fraction of sp³-hybridized carbons (Fsp3) is 0.889. The number of nitrogens with two attached hydrogens (primary N) is 1. The van der Waals surface area contributed by atoms with Gasteiger partial charge in [-0.15, -0.1) is 0 Å². The molecule has 0 bridgehead atoms. The molecule has 0 saturated heterocycles. The van der Waals surface area contributed by atoms with Crippen LogP contribution in [0, 0.1) is 5.41 Å². The van der Waals surface area contributed by atoms with Crippen LogP contribution in [-0.2, 0) is 4.79 Å². The van der Waals surface area contributed by atoms with E-state index in [9.17, 15) is 4.79 Å². The molecule has 0 aromatic heterocycles. The average Bonchev–Trinajstić information content (AvgIpc) is 2.35. The van der Waals surface area contributed by atoms with Crippen molar-refractivity contribution < 1.29 is 9.90 Å². The minimum Gasteiger partial charge on any atom is -0.480 e. The first-order valence-corrected chi connectivity index (χ1v) is 4.52. The van der Waals surface area contributed by atoms with Crippen molar-refractivity contribution in [3.63, 3.8) is 0 Å². The average molecular weight is 171 g/mol. The normalized spacial score (nSPS) is 23.8. The molecule has 0 unspecified atom stereocenters. The first kappa shape index (κ1) is 9.52. The maximum atomic E-state index is 10.5. The van der Waals surface area contributed by atoms with Gasteiger partial charge in [0.15, 0.2) is 0 Å². The van der Waals surface area contributed by atoms with Crippen molar-refractivity contribution in [3.8, 4) is 0 Å². The number of hydrogen-bond donors (Lipinski definition) is 2. The van der Waals surface area contributed by atoms with E-state index in [0.29, 0.717) is 6.42 Å². The molecule has 0 spiro atoms. The SMILES string of the molecule is CC1(C[C@@H](N)C(=O)O)CCCC1. The summed E-state index contributed by atoms with van der Waals surface area (Å²) in [6.07, 6.45) is 5.34. The number of aliphatic carboxylic acids is 1. The van der Waals surface area contributed by atoms with Crippen LogP contribution in [0.4, 0.5) is 0 Å². The zero-order valence-electron chi connectivity index (χ0n) is 7.55. The summed E-state index contributed by atoms with van der Waals surface area (Å²) in [5.74, 6) is -0.872. The van der Waals surface area contributed by atoms with Gasteiger partial charge in [0.05, 0.1) is 0 Å². The molecule has 1 atom stereocenters. The van der Waals surface area contributed by atoms with E-state index in [1.165, 1.54) is 12.8 Å². The summed E-state index contributed by atoms with van der Waals surface area (Å²) in [5, 5.41) is 8.63. The minimum atomic E-state index is -0.872. The maximum absolute atomic E-state index is 10.5. The van der Waals surface area contributed by atoms with E-state index >= 15 is 0 Å². The second-order valence-corrected chi connectivity index (χ2v) is 4.17. The fourth-order valence-electron chi connectivity index (χ4n) is 2.05. The Morgan fingerprint density at radius 1 is 1.58 bits per heavy atom. The molecule has 1 aliphatic rings. The predicted octanol–water partition coefficient (Wildman–Crippen LogP) is 1.37. The van der Waals surface area contributed by atoms with Crippen LogP contribution in [0.1, 0.15) is 39.0 Å². The van der Waals surface area contributed by atoms with Gasteiger partial charge in [-0.1, -0.05) is 19.8 Å². The number of carboxylic acid groups (broad SMARTS) is 1. The van der Waals surface area contributed by atoms with Crippen molar-refractivity contribution in [1.29, 1.82) is 0 Å². The molecule has 0 amide bonds. The Balaban J connectivity index is 2.43. The van der Waals surface area contributed by atoms with Crippen LogP contribution in [0.25, 0.3) is 0 Å². The predicted molar refractivity (Wildman–Crippen MR) is 46.8 cm³/mol. The monoisotopic (exact) mass is 171 g/mol. The molecular weight excluding hydrogens is 154 g/mol. The quantitative estimate of drug-likeness (QED) is 0.674. The molecule has 12 heavy (non-hydrogen) atoms. The van der Waals surface area contributed by atoms with Crippen LogP contribution in [0.5, 0.6) is 0 Å². The van der Waals surface area contributed by atoms with Gasteiger partial charge in [0.1, 0.15) is 6.04 Å². The van der Waals surface area contributed by atoms with Gasteiger partial charge >= 0.3 is 5.97 Å². The smallest absolute Gasteiger partial charge is 0.320 e. The highest BCUT2D eigenvalue weighted by molar-refractivity contribution is 5.73. The van der Waals surface area contributed by atoms with Gasteiger partial charge in [0.2, 0.25) is 0 Å². The molecule has 0 aliphatic heterocycles. The van der Waals surface area contributed by atoms with Crippen LogP contribution >= 0.6 is 0 Å². The lowest BCUT2D eigenvalue weighted by Gasteiger charge is -2.25. The summed E-state index contributed by atoms with van der Waals surface area (Å²) in [7, 11) is 0. The third-order valence-electron chi connectivity index (χ3n) is 2.84. The highest BCUT2D eigenvalue weighted by Crippen LogP contribution is 2.40. The van der Waals surface area contributed by atoms with Crippen LogP contribution < -0.4 is 5.73 Å². The second kappa shape index (κ2) is 3.44. The van der Waals surface area contributed by atoms with Crippen molar-refractivity contribution in [2.75, 3.05) is 0 Å². The van der Waals surface area contributed by atoms with E-state index in [1.807, 2.05) is 0 Å². The maximum Gasteiger partial charge on any atom is 0.320 e. The van der Waals surface area contributed by atoms with Gasteiger partial charge in [-0.3, -0.25) is 4.79 Å². The molecule has 1 aliphatic carbocycles. The van der Waals surface area contributed by atoms with Crippen molar-refractivity contribution in [2.45, 2.75) is 45.1 Å². The Hall–Kier alpha value is -0.570. The van der Waals surface area contributed by atoms with Crippen LogP contribution in [-0.4, -0.2) is 17.1 Å². The van der Waals surface area contributed by atoms with Gasteiger partial charge in [-0.2, -0.15) is 0 Å². The van der Waals surface area contributed by atoms with E-state index in [1.54, 1.807) is 0 Å². The van der Waals surface area contributed by atoms with Crippen LogP contribution in [0.15, 0.2) is 0 Å². The van der Waals surface area contributed by atoms with Crippen molar-refractivity contribution >= 4 is 5.97 Å². The van der Waals surface area contributed by atoms with Gasteiger partial charge in [-0.05, 0) is 24.7 Å². The molecule has 0 heterocycles. The summed E-state index contributed by atoms with van der Waals surface area (Å²) in [6.45, 7) is 2.14. The molecule has 1 fully saturated rings. The molecule has 0 aromatic rings. The van der Waals surface area contributed by atoms with E-state index in [2.05, 4.69) is 6.92 Å². The molecule has 3 N–H and O–H groups in total. The molecule has 1 saturated carbocycles. The van der Waals surface area contributed by atoms with E-state index in [0.717, 1.165) is 12.8 Å². The third-order valence-corrected chi connectivity index (χ3v) is 2.84. The van der Waals surface area contributed by atoms with Crippen LogP contribution in [0.2, 0.25) is 0 Å². The van der Waals surface area contributed by atoms with E-state index < -0.39 is 12.0 Å². The number of carbonyl (C=O) groups is 1. The first-order valence-electron chi connectivity index (χ1n) is 4.52. The van der Waals surface area contributed by atoms with Gasteiger partial charge in [0, 0.05) is 0 Å². The standard InChI is InChI=1S/C9H17NO2/c1-9(4-2-3-5-9)6-7(10)8(11)12/h7H,2-6,10H2,1H3,(H,11,12)/t7-/m1/s1. The summed E-state index contributed by atoms with van der Waals surface area (Å²) in [6, 6.07) is -0.673. The Morgan fingerprint density at radius 3 is 2.50 bits per heavy atom. The second-order valence-electron chi connectivity index (χ2n) is 4.17. The van der Waals surface area contributed by atoms with Crippen molar-refractivity contribution in [1.82, 2.24) is 0 Å². The van der Waals surface area contributed by atoms with Gasteiger partial charge in [-0.25, -0.2) is 0 Å². The molecule has 70 valence electrons. The lowest BCUT2D eigenvalue weighted by atomic mass is 9.82. The molecule has 3 nitrogen and oxygen atoms in total. The fourth-order valence-corrected chi connectivity index (χ4v) is 2.05. The van der Waals surface area contributed by atoms with Crippen LogP contribution in [0.3, 0.4) is 0 Å². The van der Waals surface area contributed by atoms with Crippen molar-refractivity contribution in [3.05, 3.63) is 0 Å². The Labute approximate surface area is 72.9 Å². The summed E-state index contributed by atoms with van der Waals surface area (Å²) < 4.78 is 0. The highest BCUT2D eigenvalue weighted by atomic mass is 16.4. The topological polar surface area (TPSA) is 63.3 Å². The third kappa shape index (κ3) is 2.21. The Bertz CT molecular complexity index is 173. The first-order chi connectivity index (χ1) is 5.53.